The summed E-state index contributed by atoms with van der Waals surface area (Å²) in [6, 6.07) is 8.37. The number of fused-ring (bicyclic) bond motifs is 2. The van der Waals surface area contributed by atoms with Crippen molar-refractivity contribution in [2.24, 2.45) is 0 Å². The summed E-state index contributed by atoms with van der Waals surface area (Å²) in [5, 5.41) is 0. The van der Waals surface area contributed by atoms with E-state index in [1.165, 1.54) is 11.1 Å². The van der Waals surface area contributed by atoms with E-state index < -0.39 is 0 Å². The van der Waals surface area contributed by atoms with Crippen LogP contribution >= 0.6 is 0 Å². The summed E-state index contributed by atoms with van der Waals surface area (Å²) in [7, 11) is 1.69. The minimum atomic E-state index is -0.214. The van der Waals surface area contributed by atoms with Crippen LogP contribution < -0.4 is 0 Å². The molecule has 2 bridgehead atoms. The van der Waals surface area contributed by atoms with Crippen molar-refractivity contribution in [3.05, 3.63) is 35.4 Å². The van der Waals surface area contributed by atoms with Crippen molar-refractivity contribution < 1.29 is 18.9 Å². The molecule has 2 aliphatic heterocycles. The predicted molar refractivity (Wildman–Crippen MR) is 69.8 cm³/mol. The van der Waals surface area contributed by atoms with Crippen molar-refractivity contribution in [3.63, 3.8) is 0 Å². The quantitative estimate of drug-likeness (QED) is 0.834. The van der Waals surface area contributed by atoms with E-state index in [0.717, 1.165) is 6.42 Å². The summed E-state index contributed by atoms with van der Waals surface area (Å²) < 4.78 is 22.7. The molecule has 0 aliphatic carbocycles. The van der Waals surface area contributed by atoms with Gasteiger partial charge in [0, 0.05) is 13.5 Å². The largest absolute Gasteiger partial charge is 0.376 e. The van der Waals surface area contributed by atoms with Gasteiger partial charge in [-0.05, 0) is 12.5 Å². The minimum absolute atomic E-state index is 0.0266. The van der Waals surface area contributed by atoms with Gasteiger partial charge in [-0.25, -0.2) is 0 Å². The number of hydrogen-bond acceptors (Lipinski definition) is 4. The molecule has 4 heteroatoms. The number of rotatable bonds is 4. The first-order chi connectivity index (χ1) is 9.26. The highest BCUT2D eigenvalue weighted by atomic mass is 16.7. The highest BCUT2D eigenvalue weighted by Crippen LogP contribution is 2.31. The van der Waals surface area contributed by atoms with Crippen molar-refractivity contribution in [3.8, 4) is 0 Å². The van der Waals surface area contributed by atoms with Crippen LogP contribution in [-0.2, 0) is 25.6 Å². The summed E-state index contributed by atoms with van der Waals surface area (Å²) in [4.78, 5) is 0. The molecule has 4 nitrogen and oxygen atoms in total. The van der Waals surface area contributed by atoms with Gasteiger partial charge < -0.3 is 18.9 Å². The minimum Gasteiger partial charge on any atom is -0.376 e. The average Bonchev–Trinajstić information content (AvgIpc) is 2.83. The third kappa shape index (κ3) is 2.82. The highest BCUT2D eigenvalue weighted by Gasteiger charge is 2.44. The molecule has 19 heavy (non-hydrogen) atoms. The summed E-state index contributed by atoms with van der Waals surface area (Å²) in [5.41, 5.74) is 2.44. The molecule has 3 rings (SSSR count). The maximum Gasteiger partial charge on any atom is 0.184 e. The Morgan fingerprint density at radius 1 is 1.32 bits per heavy atom. The third-order valence-corrected chi connectivity index (χ3v) is 3.77. The molecule has 0 amide bonds. The van der Waals surface area contributed by atoms with Gasteiger partial charge in [0.15, 0.2) is 6.29 Å². The molecule has 0 unspecified atom stereocenters. The van der Waals surface area contributed by atoms with Crippen LogP contribution in [0.25, 0.3) is 0 Å². The first-order valence-corrected chi connectivity index (χ1v) is 6.73. The molecule has 2 fully saturated rings. The molecule has 2 saturated heterocycles. The second kappa shape index (κ2) is 5.59. The van der Waals surface area contributed by atoms with E-state index in [-0.39, 0.29) is 24.6 Å². The SMILES string of the molecule is CO[C@@H]1C[C@H](OCc2cccc(C)c2)[C@H]2CO[C@@H]1O2. The van der Waals surface area contributed by atoms with E-state index >= 15 is 0 Å². The molecule has 104 valence electrons. The first-order valence-electron chi connectivity index (χ1n) is 6.73. The second-order valence-electron chi connectivity index (χ2n) is 5.22. The van der Waals surface area contributed by atoms with Gasteiger partial charge in [0.2, 0.25) is 0 Å². The maximum absolute atomic E-state index is 6.00. The van der Waals surface area contributed by atoms with Gasteiger partial charge >= 0.3 is 0 Å². The van der Waals surface area contributed by atoms with Crippen LogP contribution in [0.4, 0.5) is 0 Å². The lowest BCUT2D eigenvalue weighted by Gasteiger charge is -2.32. The number of benzene rings is 1. The first kappa shape index (κ1) is 13.1. The zero-order valence-corrected chi connectivity index (χ0v) is 11.4. The van der Waals surface area contributed by atoms with Crippen molar-refractivity contribution in [2.45, 2.75) is 44.6 Å². The molecule has 0 aromatic heterocycles. The average molecular weight is 264 g/mol. The van der Waals surface area contributed by atoms with Gasteiger partial charge in [-0.2, -0.15) is 0 Å². The predicted octanol–water partition coefficient (Wildman–Crippen LogP) is 2.04. The Kier molecular flexibility index (Phi) is 3.84. The topological polar surface area (TPSA) is 36.9 Å². The van der Waals surface area contributed by atoms with Crippen LogP contribution in [0.1, 0.15) is 17.5 Å². The Morgan fingerprint density at radius 2 is 2.21 bits per heavy atom. The molecule has 0 N–H and O–H groups in total. The molecule has 2 aliphatic rings. The van der Waals surface area contributed by atoms with Crippen molar-refractivity contribution >= 4 is 0 Å². The van der Waals surface area contributed by atoms with Crippen molar-refractivity contribution in [1.29, 1.82) is 0 Å². The van der Waals surface area contributed by atoms with Crippen LogP contribution in [-0.4, -0.2) is 38.3 Å². The van der Waals surface area contributed by atoms with E-state index in [1.54, 1.807) is 7.11 Å². The van der Waals surface area contributed by atoms with Gasteiger partial charge in [0.25, 0.3) is 0 Å². The highest BCUT2D eigenvalue weighted by molar-refractivity contribution is 5.21. The van der Waals surface area contributed by atoms with Crippen LogP contribution in [0.2, 0.25) is 0 Å². The van der Waals surface area contributed by atoms with Gasteiger partial charge in [0.05, 0.1) is 19.3 Å². The smallest absolute Gasteiger partial charge is 0.184 e. The maximum atomic E-state index is 6.00. The lowest BCUT2D eigenvalue weighted by molar-refractivity contribution is -0.200. The second-order valence-corrected chi connectivity index (χ2v) is 5.22. The van der Waals surface area contributed by atoms with Crippen LogP contribution in [0, 0.1) is 6.92 Å². The zero-order chi connectivity index (χ0) is 13.2. The molecule has 4 atom stereocenters. The Morgan fingerprint density at radius 3 is 3.00 bits per heavy atom. The fourth-order valence-electron chi connectivity index (χ4n) is 2.71. The molecule has 0 spiro atoms. The van der Waals surface area contributed by atoms with E-state index in [4.69, 9.17) is 18.9 Å². The molecule has 2 heterocycles. The Bertz CT molecular complexity index is 434. The van der Waals surface area contributed by atoms with Crippen molar-refractivity contribution in [2.75, 3.05) is 13.7 Å². The molecule has 0 radical (unpaired) electrons. The molecular weight excluding hydrogens is 244 g/mol. The summed E-state index contributed by atoms with van der Waals surface area (Å²) in [6.07, 6.45) is 0.679. The monoisotopic (exact) mass is 264 g/mol. The number of methoxy groups -OCH3 is 1. The van der Waals surface area contributed by atoms with Crippen LogP contribution in [0.5, 0.6) is 0 Å². The van der Waals surface area contributed by atoms with Crippen LogP contribution in [0.3, 0.4) is 0 Å². The van der Waals surface area contributed by atoms with E-state index in [0.29, 0.717) is 13.2 Å². The van der Waals surface area contributed by atoms with Gasteiger partial charge in [-0.1, -0.05) is 29.8 Å². The van der Waals surface area contributed by atoms with E-state index in [9.17, 15) is 0 Å². The molecule has 1 aromatic carbocycles. The zero-order valence-electron chi connectivity index (χ0n) is 11.4. The summed E-state index contributed by atoms with van der Waals surface area (Å²) in [6.45, 7) is 3.29. The number of hydrogen-bond donors (Lipinski definition) is 0. The summed E-state index contributed by atoms with van der Waals surface area (Å²) >= 11 is 0. The Balaban J connectivity index is 1.60. The van der Waals surface area contributed by atoms with E-state index in [2.05, 4.69) is 31.2 Å². The Labute approximate surface area is 113 Å². The fraction of sp³-hybridized carbons (Fsp3) is 0.600. The molecule has 0 saturated carbocycles. The van der Waals surface area contributed by atoms with Crippen molar-refractivity contribution in [1.82, 2.24) is 0 Å². The lowest BCUT2D eigenvalue weighted by atomic mass is 10.0. The fourth-order valence-corrected chi connectivity index (χ4v) is 2.71. The number of aryl methyl sites for hydroxylation is 1. The molecule has 1 aromatic rings. The van der Waals surface area contributed by atoms with E-state index in [1.807, 2.05) is 0 Å². The lowest BCUT2D eigenvalue weighted by Crippen LogP contribution is -2.44. The normalized spacial score (nSPS) is 33.6. The van der Waals surface area contributed by atoms with Gasteiger partial charge in [-0.15, -0.1) is 0 Å². The molecular formula is C15H20O4. The third-order valence-electron chi connectivity index (χ3n) is 3.77. The van der Waals surface area contributed by atoms with Gasteiger partial charge in [-0.3, -0.25) is 0 Å². The summed E-state index contributed by atoms with van der Waals surface area (Å²) in [5.74, 6) is 0. The van der Waals surface area contributed by atoms with Gasteiger partial charge in [0.1, 0.15) is 12.2 Å². The standard InChI is InChI=1S/C15H20O4/c1-10-4-3-5-11(6-10)8-17-12-7-13(16-2)15-18-9-14(12)19-15/h3-6,12-15H,7-9H2,1-2H3/t12-,13+,14+,15+/m0/s1. The number of ether oxygens (including phenoxy) is 4. The van der Waals surface area contributed by atoms with Crippen LogP contribution in [0.15, 0.2) is 24.3 Å². The Hall–Kier alpha value is -0.940.